The van der Waals surface area contributed by atoms with Gasteiger partial charge in [-0.05, 0) is 30.3 Å². The first-order valence-corrected chi connectivity index (χ1v) is 8.63. The second-order valence-electron chi connectivity index (χ2n) is 6.12. The summed E-state index contributed by atoms with van der Waals surface area (Å²) in [6.45, 7) is 3.98. The van der Waals surface area contributed by atoms with Crippen LogP contribution in [-0.2, 0) is 0 Å². The van der Waals surface area contributed by atoms with Crippen molar-refractivity contribution in [2.24, 2.45) is 0 Å². The van der Waals surface area contributed by atoms with Crippen LogP contribution in [0.4, 0.5) is 22.1 Å². The quantitative estimate of drug-likeness (QED) is 0.669. The highest BCUT2D eigenvalue weighted by molar-refractivity contribution is 5.97. The molecule has 0 bridgehead atoms. The van der Waals surface area contributed by atoms with E-state index < -0.39 is 0 Å². The van der Waals surface area contributed by atoms with Crippen LogP contribution in [0.5, 0.6) is 0 Å². The lowest BCUT2D eigenvalue weighted by Gasteiger charge is -2.29. The number of amides is 1. The fourth-order valence-corrected chi connectivity index (χ4v) is 3.06. The van der Waals surface area contributed by atoms with Gasteiger partial charge in [0, 0.05) is 62.4 Å². The molecule has 134 valence electrons. The second-order valence-corrected chi connectivity index (χ2v) is 6.12. The minimum Gasteiger partial charge on any atom is -0.369 e. The van der Waals surface area contributed by atoms with Gasteiger partial charge in [-0.25, -0.2) is 9.78 Å². The molecule has 0 spiro atoms. The van der Waals surface area contributed by atoms with Crippen molar-refractivity contribution in [1.82, 2.24) is 19.9 Å². The van der Waals surface area contributed by atoms with E-state index in [1.165, 1.54) is 10.3 Å². The summed E-state index contributed by atoms with van der Waals surface area (Å²) in [5, 5.41) is 9.96. The summed E-state index contributed by atoms with van der Waals surface area (Å²) in [6.07, 6.45) is 3.39. The highest BCUT2D eigenvalue weighted by Crippen LogP contribution is 2.19. The summed E-state index contributed by atoms with van der Waals surface area (Å²) in [4.78, 5) is 23.5. The molecule has 1 amide bonds. The summed E-state index contributed by atoms with van der Waals surface area (Å²) < 4.78 is 1.49. The molecule has 3 heterocycles. The second kappa shape index (κ2) is 7.01. The molecule has 3 aromatic rings. The normalized spacial score (nSPS) is 14.4. The van der Waals surface area contributed by atoms with Gasteiger partial charge in [0.05, 0.1) is 0 Å². The number of nitrogens with one attached hydrogen (secondary N) is 3. The third kappa shape index (κ3) is 3.18. The van der Waals surface area contributed by atoms with Crippen LogP contribution in [-0.4, -0.2) is 53.8 Å². The fourth-order valence-electron chi connectivity index (χ4n) is 3.06. The summed E-state index contributed by atoms with van der Waals surface area (Å²) >= 11 is 0. The highest BCUT2D eigenvalue weighted by Gasteiger charge is 2.13. The molecule has 0 saturated carbocycles. The molecule has 1 fully saturated rings. The third-order valence-corrected chi connectivity index (χ3v) is 4.47. The van der Waals surface area contributed by atoms with Gasteiger partial charge < -0.3 is 20.9 Å². The van der Waals surface area contributed by atoms with Crippen molar-refractivity contribution in [1.29, 1.82) is 0 Å². The SMILES string of the molecule is CNc1ncc2ccn(C(=O)Nc3ccc(N4CCNCC4)cc3)c2n1. The van der Waals surface area contributed by atoms with Gasteiger partial charge in [0.25, 0.3) is 0 Å². The van der Waals surface area contributed by atoms with Crippen molar-refractivity contribution in [2.45, 2.75) is 0 Å². The zero-order chi connectivity index (χ0) is 17.9. The fraction of sp³-hybridized carbons (Fsp3) is 0.278. The number of piperazine rings is 1. The highest BCUT2D eigenvalue weighted by atomic mass is 16.2. The topological polar surface area (TPSA) is 87.1 Å². The Balaban J connectivity index is 1.51. The molecule has 8 nitrogen and oxygen atoms in total. The molecule has 3 N–H and O–H groups in total. The lowest BCUT2D eigenvalue weighted by molar-refractivity contribution is 0.254. The number of rotatable bonds is 3. The van der Waals surface area contributed by atoms with E-state index in [9.17, 15) is 4.79 Å². The van der Waals surface area contributed by atoms with Gasteiger partial charge in [0.15, 0.2) is 5.65 Å². The Bertz CT molecular complexity index is 913. The third-order valence-electron chi connectivity index (χ3n) is 4.47. The van der Waals surface area contributed by atoms with E-state index in [0.717, 1.165) is 37.3 Å². The van der Waals surface area contributed by atoms with E-state index in [2.05, 4.69) is 30.8 Å². The molecular weight excluding hydrogens is 330 g/mol. The van der Waals surface area contributed by atoms with Gasteiger partial charge in [-0.2, -0.15) is 4.98 Å². The Morgan fingerprint density at radius 3 is 2.65 bits per heavy atom. The van der Waals surface area contributed by atoms with E-state index >= 15 is 0 Å². The lowest BCUT2D eigenvalue weighted by atomic mass is 10.2. The summed E-state index contributed by atoms with van der Waals surface area (Å²) in [5.74, 6) is 0.477. The number of anilines is 3. The Kier molecular flexibility index (Phi) is 4.40. The smallest absolute Gasteiger partial charge is 0.331 e. The first-order valence-electron chi connectivity index (χ1n) is 8.63. The first kappa shape index (κ1) is 16.3. The standard InChI is InChI=1S/C18H21N7O/c1-19-17-21-12-13-6-9-25(16(13)23-17)18(26)22-14-2-4-15(5-3-14)24-10-7-20-8-11-24/h2-6,9,12,20H,7-8,10-11H2,1H3,(H,22,26)(H,19,21,23). The van der Waals surface area contributed by atoms with Gasteiger partial charge in [0.1, 0.15) is 0 Å². The van der Waals surface area contributed by atoms with Crippen molar-refractivity contribution >= 4 is 34.4 Å². The molecule has 1 aromatic carbocycles. The van der Waals surface area contributed by atoms with E-state index in [0.29, 0.717) is 11.6 Å². The minimum absolute atomic E-state index is 0.254. The monoisotopic (exact) mass is 351 g/mol. The largest absolute Gasteiger partial charge is 0.369 e. The molecule has 0 aliphatic carbocycles. The molecular formula is C18H21N7O. The van der Waals surface area contributed by atoms with Crippen LogP contribution < -0.4 is 20.9 Å². The van der Waals surface area contributed by atoms with Crippen LogP contribution in [0.3, 0.4) is 0 Å². The number of nitrogens with zero attached hydrogens (tertiary/aromatic N) is 4. The van der Waals surface area contributed by atoms with Crippen LogP contribution in [0, 0.1) is 0 Å². The van der Waals surface area contributed by atoms with Gasteiger partial charge in [-0.3, -0.25) is 4.57 Å². The first-order chi connectivity index (χ1) is 12.7. The van der Waals surface area contributed by atoms with Gasteiger partial charge >= 0.3 is 6.03 Å². The van der Waals surface area contributed by atoms with Crippen LogP contribution in [0.15, 0.2) is 42.7 Å². The van der Waals surface area contributed by atoms with Gasteiger partial charge in [-0.15, -0.1) is 0 Å². The summed E-state index contributed by atoms with van der Waals surface area (Å²) in [6, 6.07) is 9.49. The van der Waals surface area contributed by atoms with E-state index in [1.54, 1.807) is 19.4 Å². The molecule has 2 aromatic heterocycles. The molecule has 8 heteroatoms. The molecule has 1 aliphatic rings. The predicted molar refractivity (Wildman–Crippen MR) is 103 cm³/mol. The van der Waals surface area contributed by atoms with E-state index in [-0.39, 0.29) is 6.03 Å². The van der Waals surface area contributed by atoms with E-state index in [4.69, 9.17) is 0 Å². The predicted octanol–water partition coefficient (Wildman–Crippen LogP) is 1.96. The zero-order valence-electron chi connectivity index (χ0n) is 14.6. The van der Waals surface area contributed by atoms with Crippen molar-refractivity contribution in [2.75, 3.05) is 48.8 Å². The Morgan fingerprint density at radius 2 is 1.92 bits per heavy atom. The Morgan fingerprint density at radius 1 is 1.15 bits per heavy atom. The molecule has 0 unspecified atom stereocenters. The van der Waals surface area contributed by atoms with Crippen LogP contribution in [0.1, 0.15) is 0 Å². The molecule has 1 saturated heterocycles. The zero-order valence-corrected chi connectivity index (χ0v) is 14.6. The average molecular weight is 351 g/mol. The number of hydrogen-bond acceptors (Lipinski definition) is 6. The number of benzene rings is 1. The van der Waals surface area contributed by atoms with Crippen molar-refractivity contribution in [3.05, 3.63) is 42.7 Å². The van der Waals surface area contributed by atoms with Gasteiger partial charge in [-0.1, -0.05) is 0 Å². The number of fused-ring (bicyclic) bond motifs is 1. The minimum atomic E-state index is -0.254. The maximum atomic E-state index is 12.6. The Labute approximate surface area is 151 Å². The van der Waals surface area contributed by atoms with Crippen molar-refractivity contribution in [3.63, 3.8) is 0 Å². The number of aromatic nitrogens is 3. The molecule has 0 radical (unpaired) electrons. The van der Waals surface area contributed by atoms with Crippen LogP contribution in [0.2, 0.25) is 0 Å². The summed E-state index contributed by atoms with van der Waals surface area (Å²) in [5.41, 5.74) is 2.49. The molecule has 1 aliphatic heterocycles. The van der Waals surface area contributed by atoms with Crippen molar-refractivity contribution < 1.29 is 4.79 Å². The molecule has 4 rings (SSSR count). The number of hydrogen-bond donors (Lipinski definition) is 3. The van der Waals surface area contributed by atoms with Gasteiger partial charge in [0.2, 0.25) is 5.95 Å². The van der Waals surface area contributed by atoms with E-state index in [1.807, 2.05) is 30.3 Å². The molecule has 0 atom stereocenters. The molecule has 26 heavy (non-hydrogen) atoms. The number of carbonyl (C=O) groups excluding carboxylic acids is 1. The maximum Gasteiger partial charge on any atom is 0.331 e. The van der Waals surface area contributed by atoms with Crippen molar-refractivity contribution in [3.8, 4) is 0 Å². The number of carbonyl (C=O) groups is 1. The average Bonchev–Trinajstić information content (AvgIpc) is 3.12. The van der Waals surface area contributed by atoms with Crippen LogP contribution in [0.25, 0.3) is 11.0 Å². The van der Waals surface area contributed by atoms with Crippen LogP contribution >= 0.6 is 0 Å². The Hall–Kier alpha value is -3.13. The summed E-state index contributed by atoms with van der Waals surface area (Å²) in [7, 11) is 1.74. The maximum absolute atomic E-state index is 12.6. The lowest BCUT2D eigenvalue weighted by Crippen LogP contribution is -2.43.